The van der Waals surface area contributed by atoms with Crippen molar-refractivity contribution in [1.82, 2.24) is 5.32 Å². The highest BCUT2D eigenvalue weighted by atomic mass is 19.1. The Labute approximate surface area is 105 Å². The second kappa shape index (κ2) is 11.0. The molecular weight excluding hydrogens is 248 g/mol. The van der Waals surface area contributed by atoms with Gasteiger partial charge >= 0.3 is 0 Å². The highest BCUT2D eigenvalue weighted by Crippen LogP contribution is 1.99. The van der Waals surface area contributed by atoms with Gasteiger partial charge in [-0.15, -0.1) is 0 Å². The van der Waals surface area contributed by atoms with Crippen LogP contribution < -0.4 is 5.32 Å². The first-order valence-corrected chi connectivity index (χ1v) is 5.59. The Morgan fingerprint density at radius 1 is 1.28 bits per heavy atom. The average molecular weight is 269 g/mol. The van der Waals surface area contributed by atoms with E-state index in [0.29, 0.717) is 0 Å². The van der Waals surface area contributed by atoms with Gasteiger partial charge in [0.25, 0.3) is 0 Å². The molecular formula is C11H21F2NO4. The Bertz CT molecular complexity index is 249. The maximum atomic E-state index is 12.1. The predicted octanol–water partition coefficient (Wildman–Crippen LogP) is -0.00520. The molecule has 7 heteroatoms. The molecule has 1 amide bonds. The van der Waals surface area contributed by atoms with Crippen LogP contribution in [0, 0.1) is 5.92 Å². The molecule has 0 bridgehead atoms. The van der Waals surface area contributed by atoms with E-state index in [2.05, 4.69) is 5.32 Å². The number of amides is 1. The van der Waals surface area contributed by atoms with Gasteiger partial charge in [0.1, 0.15) is 12.7 Å². The van der Waals surface area contributed by atoms with Crippen LogP contribution in [0.5, 0.6) is 0 Å². The van der Waals surface area contributed by atoms with Crippen LogP contribution in [0.2, 0.25) is 0 Å². The summed E-state index contributed by atoms with van der Waals surface area (Å²) < 4.78 is 22.4. The van der Waals surface area contributed by atoms with Crippen LogP contribution in [-0.4, -0.2) is 54.0 Å². The Hall–Kier alpha value is -1.08. The molecule has 3 unspecified atom stereocenters. The van der Waals surface area contributed by atoms with Crippen LogP contribution in [0.15, 0.2) is 0 Å². The van der Waals surface area contributed by atoms with Crippen molar-refractivity contribution < 1.29 is 28.6 Å². The number of aliphatic hydroxyl groups excluding tert-OH is 2. The first kappa shape index (κ1) is 19.3. The Morgan fingerprint density at radius 3 is 2.00 bits per heavy atom. The zero-order chi connectivity index (χ0) is 14.7. The lowest BCUT2D eigenvalue weighted by Crippen LogP contribution is -2.50. The van der Waals surface area contributed by atoms with E-state index < -0.39 is 36.4 Å². The molecule has 0 heterocycles. The standard InChI is InChI=1S/C9H16FNO4.C2H5F/c1-5(4-12)9(15)11-8(6(2)13)7(14)3-10;1-2-3/h5-6,8,12-13H,3-4H2,1-2H3,(H,11,15);2H2,1H3. The minimum Gasteiger partial charge on any atom is -0.396 e. The molecule has 0 fully saturated rings. The molecule has 108 valence electrons. The summed E-state index contributed by atoms with van der Waals surface area (Å²) in [6.45, 7) is 2.32. The third kappa shape index (κ3) is 8.08. The van der Waals surface area contributed by atoms with E-state index >= 15 is 0 Å². The maximum Gasteiger partial charge on any atom is 0.225 e. The van der Waals surface area contributed by atoms with E-state index in [1.807, 2.05) is 0 Å². The summed E-state index contributed by atoms with van der Waals surface area (Å²) in [7, 11) is 0. The fraction of sp³-hybridized carbons (Fsp3) is 0.818. The monoisotopic (exact) mass is 269 g/mol. The zero-order valence-electron chi connectivity index (χ0n) is 10.8. The minimum absolute atomic E-state index is 0.250. The molecule has 0 aliphatic carbocycles. The van der Waals surface area contributed by atoms with Crippen molar-refractivity contribution in [2.75, 3.05) is 20.0 Å². The SMILES string of the molecule is CC(CO)C(=O)NC(C(=O)CF)C(C)O.CCF. The number of alkyl halides is 2. The van der Waals surface area contributed by atoms with Gasteiger partial charge in [0.15, 0.2) is 5.78 Å². The average Bonchev–Trinajstić information content (AvgIpc) is 2.34. The van der Waals surface area contributed by atoms with Crippen molar-refractivity contribution in [2.45, 2.75) is 32.9 Å². The number of Topliss-reactive ketones (excluding diaryl/α,β-unsaturated/α-hetero) is 1. The van der Waals surface area contributed by atoms with Crippen LogP contribution in [0.1, 0.15) is 20.8 Å². The highest BCUT2D eigenvalue weighted by Gasteiger charge is 2.26. The number of hydrogen-bond donors (Lipinski definition) is 3. The second-order valence-electron chi connectivity index (χ2n) is 3.68. The summed E-state index contributed by atoms with van der Waals surface area (Å²) in [6.07, 6.45) is -1.16. The van der Waals surface area contributed by atoms with Crippen LogP contribution in [-0.2, 0) is 9.59 Å². The predicted molar refractivity (Wildman–Crippen MR) is 62.5 cm³/mol. The Kier molecular flexibility index (Phi) is 11.8. The number of halogens is 2. The summed E-state index contributed by atoms with van der Waals surface area (Å²) in [5, 5.41) is 20.0. The van der Waals surface area contributed by atoms with Gasteiger partial charge in [-0.05, 0) is 13.8 Å². The van der Waals surface area contributed by atoms with Gasteiger partial charge in [0.2, 0.25) is 5.91 Å². The molecule has 0 saturated heterocycles. The van der Waals surface area contributed by atoms with Crippen molar-refractivity contribution in [3.05, 3.63) is 0 Å². The van der Waals surface area contributed by atoms with Crippen molar-refractivity contribution in [3.63, 3.8) is 0 Å². The van der Waals surface area contributed by atoms with E-state index in [-0.39, 0.29) is 13.3 Å². The van der Waals surface area contributed by atoms with Gasteiger partial charge < -0.3 is 15.5 Å². The summed E-state index contributed by atoms with van der Waals surface area (Å²) in [5.74, 6) is -2.17. The maximum absolute atomic E-state index is 12.1. The van der Waals surface area contributed by atoms with Crippen LogP contribution in [0.3, 0.4) is 0 Å². The molecule has 0 aromatic carbocycles. The summed E-state index contributed by atoms with van der Waals surface area (Å²) in [5.41, 5.74) is 0. The number of hydrogen-bond acceptors (Lipinski definition) is 4. The lowest BCUT2D eigenvalue weighted by molar-refractivity contribution is -0.133. The zero-order valence-corrected chi connectivity index (χ0v) is 10.8. The topological polar surface area (TPSA) is 86.6 Å². The molecule has 18 heavy (non-hydrogen) atoms. The third-order valence-corrected chi connectivity index (χ3v) is 1.98. The molecule has 0 radical (unpaired) electrons. The van der Waals surface area contributed by atoms with Gasteiger partial charge in [0, 0.05) is 0 Å². The molecule has 3 atom stereocenters. The smallest absolute Gasteiger partial charge is 0.225 e. The molecule has 0 aliphatic heterocycles. The number of aliphatic hydroxyl groups is 2. The molecule has 0 aromatic heterocycles. The summed E-state index contributed by atoms with van der Waals surface area (Å²) in [6, 6.07) is -1.25. The fourth-order valence-electron chi connectivity index (χ4n) is 0.932. The van der Waals surface area contributed by atoms with Crippen LogP contribution in [0.25, 0.3) is 0 Å². The van der Waals surface area contributed by atoms with Crippen LogP contribution >= 0.6 is 0 Å². The van der Waals surface area contributed by atoms with Crippen molar-refractivity contribution in [1.29, 1.82) is 0 Å². The minimum atomic E-state index is -1.25. The molecule has 0 saturated carbocycles. The van der Waals surface area contributed by atoms with Gasteiger partial charge in [-0.1, -0.05) is 6.92 Å². The van der Waals surface area contributed by atoms with Crippen LogP contribution in [0.4, 0.5) is 8.78 Å². The molecule has 5 nitrogen and oxygen atoms in total. The second-order valence-corrected chi connectivity index (χ2v) is 3.68. The number of carbonyl (C=O) groups excluding carboxylic acids is 2. The molecule has 0 rings (SSSR count). The number of rotatable bonds is 6. The van der Waals surface area contributed by atoms with E-state index in [0.717, 1.165) is 0 Å². The Balaban J connectivity index is 0. The summed E-state index contributed by atoms with van der Waals surface area (Å²) >= 11 is 0. The van der Waals surface area contributed by atoms with E-state index in [1.54, 1.807) is 0 Å². The molecule has 0 aromatic rings. The quantitative estimate of drug-likeness (QED) is 0.633. The van der Waals surface area contributed by atoms with Gasteiger partial charge in [-0.2, -0.15) is 0 Å². The molecule has 0 aliphatic rings. The van der Waals surface area contributed by atoms with Gasteiger partial charge in [-0.3, -0.25) is 14.0 Å². The summed E-state index contributed by atoms with van der Waals surface area (Å²) in [4.78, 5) is 22.2. The van der Waals surface area contributed by atoms with Crippen molar-refractivity contribution >= 4 is 11.7 Å². The van der Waals surface area contributed by atoms with E-state index in [1.165, 1.54) is 20.8 Å². The normalized spacial score (nSPS) is 14.8. The number of ketones is 1. The fourth-order valence-corrected chi connectivity index (χ4v) is 0.932. The lowest BCUT2D eigenvalue weighted by atomic mass is 10.1. The van der Waals surface area contributed by atoms with Crippen molar-refractivity contribution in [3.8, 4) is 0 Å². The first-order valence-electron chi connectivity index (χ1n) is 5.59. The highest BCUT2D eigenvalue weighted by molar-refractivity contribution is 5.90. The van der Waals surface area contributed by atoms with Gasteiger partial charge in [-0.25, -0.2) is 4.39 Å². The largest absolute Gasteiger partial charge is 0.396 e. The van der Waals surface area contributed by atoms with Crippen molar-refractivity contribution in [2.24, 2.45) is 5.92 Å². The number of carbonyl (C=O) groups is 2. The first-order chi connectivity index (χ1) is 8.35. The molecule has 3 N–H and O–H groups in total. The van der Waals surface area contributed by atoms with Gasteiger partial charge in [0.05, 0.1) is 25.3 Å². The Morgan fingerprint density at radius 2 is 1.72 bits per heavy atom. The van der Waals surface area contributed by atoms with E-state index in [4.69, 9.17) is 10.2 Å². The number of nitrogens with one attached hydrogen (secondary N) is 1. The lowest BCUT2D eigenvalue weighted by Gasteiger charge is -2.20. The van der Waals surface area contributed by atoms with E-state index in [9.17, 15) is 18.4 Å². The molecule has 0 spiro atoms. The third-order valence-electron chi connectivity index (χ3n) is 1.98.